The summed E-state index contributed by atoms with van der Waals surface area (Å²) in [6.45, 7) is 1.80. The van der Waals surface area contributed by atoms with Gasteiger partial charge in [-0.15, -0.1) is 0 Å². The summed E-state index contributed by atoms with van der Waals surface area (Å²) in [6.07, 6.45) is 0. The lowest BCUT2D eigenvalue weighted by atomic mass is 9.94. The number of alkyl halides is 3. The highest BCUT2D eigenvalue weighted by molar-refractivity contribution is 7.89. The summed E-state index contributed by atoms with van der Waals surface area (Å²) in [5, 5.41) is 11.1. The Morgan fingerprint density at radius 2 is 1.56 bits per heavy atom. The van der Waals surface area contributed by atoms with Crippen LogP contribution in [0.2, 0.25) is 0 Å². The number of carbonyl (C=O) groups is 1. The standard InChI is InChI=1S/C24H18Cl3N3O5S/c1-15-7-13-19(14-8-15)36(34,35)29-21(22(31)17-5-3-2-4-6-17)20(28-23(29)24(25,26)27)16-9-11-18(12-10-16)30(32)33/h2-14,20-21H,1H3/t20-,21+/m1/s1. The summed E-state index contributed by atoms with van der Waals surface area (Å²) in [6, 6.07) is 16.8. The number of aliphatic imine (C=N–C) groups is 1. The maximum atomic E-state index is 13.9. The van der Waals surface area contributed by atoms with Crippen LogP contribution in [0.5, 0.6) is 0 Å². The van der Waals surface area contributed by atoms with Crippen LogP contribution in [0.15, 0.2) is 88.8 Å². The molecule has 0 fully saturated rings. The van der Waals surface area contributed by atoms with Crippen LogP contribution in [-0.4, -0.2) is 39.1 Å². The number of halogens is 3. The Kier molecular flexibility index (Phi) is 7.12. The smallest absolute Gasteiger partial charge is 0.269 e. The summed E-state index contributed by atoms with van der Waals surface area (Å²) in [5.41, 5.74) is 1.20. The molecule has 0 bridgehead atoms. The molecule has 3 aromatic rings. The van der Waals surface area contributed by atoms with Crippen molar-refractivity contribution in [3.05, 3.63) is 106 Å². The Labute approximate surface area is 222 Å². The number of hydrogen-bond donors (Lipinski definition) is 0. The molecule has 4 rings (SSSR count). The van der Waals surface area contributed by atoms with E-state index in [-0.39, 0.29) is 16.1 Å². The van der Waals surface area contributed by atoms with Gasteiger partial charge in [-0.25, -0.2) is 12.7 Å². The van der Waals surface area contributed by atoms with E-state index in [0.717, 1.165) is 9.87 Å². The molecule has 3 aromatic carbocycles. The van der Waals surface area contributed by atoms with Gasteiger partial charge in [-0.3, -0.25) is 19.9 Å². The third-order valence-electron chi connectivity index (χ3n) is 5.63. The highest BCUT2D eigenvalue weighted by atomic mass is 35.6. The monoisotopic (exact) mass is 565 g/mol. The molecule has 1 aliphatic rings. The molecule has 1 heterocycles. The van der Waals surface area contributed by atoms with Gasteiger partial charge < -0.3 is 0 Å². The molecule has 8 nitrogen and oxygen atoms in total. The van der Waals surface area contributed by atoms with Crippen molar-refractivity contribution in [2.45, 2.75) is 27.7 Å². The second-order valence-electron chi connectivity index (χ2n) is 8.03. The minimum absolute atomic E-state index is 0.120. The van der Waals surface area contributed by atoms with Gasteiger partial charge >= 0.3 is 0 Å². The van der Waals surface area contributed by atoms with E-state index in [1.807, 2.05) is 0 Å². The Morgan fingerprint density at radius 1 is 0.972 bits per heavy atom. The molecule has 0 amide bonds. The third-order valence-corrected chi connectivity index (χ3v) is 7.92. The van der Waals surface area contributed by atoms with Crippen LogP contribution in [0, 0.1) is 17.0 Å². The van der Waals surface area contributed by atoms with Crippen LogP contribution in [0.4, 0.5) is 5.69 Å². The summed E-state index contributed by atoms with van der Waals surface area (Å²) in [5.74, 6) is -1.03. The largest absolute Gasteiger partial charge is 0.292 e. The van der Waals surface area contributed by atoms with Gasteiger partial charge in [0.1, 0.15) is 12.1 Å². The zero-order valence-corrected chi connectivity index (χ0v) is 21.7. The quantitative estimate of drug-likeness (QED) is 0.165. The van der Waals surface area contributed by atoms with E-state index in [9.17, 15) is 23.3 Å². The molecule has 0 spiro atoms. The van der Waals surface area contributed by atoms with E-state index in [1.54, 1.807) is 49.4 Å². The maximum Gasteiger partial charge on any atom is 0.269 e. The van der Waals surface area contributed by atoms with Gasteiger partial charge in [0, 0.05) is 17.7 Å². The topological polar surface area (TPSA) is 110 Å². The molecule has 0 unspecified atom stereocenters. The van der Waals surface area contributed by atoms with Crippen LogP contribution < -0.4 is 0 Å². The molecule has 1 aliphatic heterocycles. The summed E-state index contributed by atoms with van der Waals surface area (Å²) in [7, 11) is -4.43. The number of non-ortho nitro benzene ring substituents is 1. The number of ketones is 1. The highest BCUT2D eigenvalue weighted by Crippen LogP contribution is 2.44. The minimum atomic E-state index is -4.43. The number of sulfonamides is 1. The molecule has 0 saturated carbocycles. The number of nitrogens with zero attached hydrogens (tertiary/aromatic N) is 3. The number of aryl methyl sites for hydroxylation is 1. The van der Waals surface area contributed by atoms with Crippen molar-refractivity contribution in [3.8, 4) is 0 Å². The fourth-order valence-corrected chi connectivity index (χ4v) is 6.08. The van der Waals surface area contributed by atoms with E-state index in [1.165, 1.54) is 36.4 Å². The van der Waals surface area contributed by atoms with Gasteiger partial charge in [-0.1, -0.05) is 82.8 Å². The van der Waals surface area contributed by atoms with Crippen molar-refractivity contribution in [1.29, 1.82) is 0 Å². The second-order valence-corrected chi connectivity index (χ2v) is 12.1. The molecule has 0 aromatic heterocycles. The fraction of sp³-hybridized carbons (Fsp3) is 0.167. The van der Waals surface area contributed by atoms with Crippen LogP contribution >= 0.6 is 34.8 Å². The lowest BCUT2D eigenvalue weighted by Crippen LogP contribution is -2.49. The average Bonchev–Trinajstić information content (AvgIpc) is 3.27. The van der Waals surface area contributed by atoms with Crippen LogP contribution in [0.1, 0.15) is 27.5 Å². The van der Waals surface area contributed by atoms with Crippen molar-refractivity contribution >= 4 is 62.1 Å². The first kappa shape index (κ1) is 26.1. The molecule has 186 valence electrons. The number of rotatable bonds is 6. The van der Waals surface area contributed by atoms with Crippen molar-refractivity contribution in [2.24, 2.45) is 4.99 Å². The number of benzene rings is 3. The van der Waals surface area contributed by atoms with Crippen molar-refractivity contribution in [2.75, 3.05) is 0 Å². The molecule has 0 radical (unpaired) electrons. The number of nitro benzene ring substituents is 1. The molecule has 2 atom stereocenters. The predicted molar refractivity (Wildman–Crippen MR) is 138 cm³/mol. The first-order valence-electron chi connectivity index (χ1n) is 10.5. The van der Waals surface area contributed by atoms with Gasteiger partial charge in [0.05, 0.1) is 9.82 Å². The zero-order valence-electron chi connectivity index (χ0n) is 18.6. The Hall–Kier alpha value is -2.98. The predicted octanol–water partition coefficient (Wildman–Crippen LogP) is 5.67. The van der Waals surface area contributed by atoms with Crippen LogP contribution in [0.3, 0.4) is 0 Å². The second kappa shape index (κ2) is 9.82. The van der Waals surface area contributed by atoms with E-state index in [4.69, 9.17) is 34.8 Å². The van der Waals surface area contributed by atoms with E-state index < -0.39 is 42.4 Å². The Bertz CT molecular complexity index is 1440. The summed E-state index contributed by atoms with van der Waals surface area (Å²) < 4.78 is 26.2. The van der Waals surface area contributed by atoms with Crippen molar-refractivity contribution in [1.82, 2.24) is 4.31 Å². The van der Waals surface area contributed by atoms with Crippen molar-refractivity contribution in [3.63, 3.8) is 0 Å². The van der Waals surface area contributed by atoms with Gasteiger partial charge in [-0.2, -0.15) is 0 Å². The molecule has 12 heteroatoms. The van der Waals surface area contributed by atoms with E-state index >= 15 is 0 Å². The number of hydrogen-bond acceptors (Lipinski definition) is 6. The van der Waals surface area contributed by atoms with Crippen LogP contribution in [-0.2, 0) is 10.0 Å². The molecule has 0 aliphatic carbocycles. The number of Topliss-reactive ketones (excluding diaryl/α,β-unsaturated/α-hetero) is 1. The molecule has 0 saturated heterocycles. The van der Waals surface area contributed by atoms with Gasteiger partial charge in [-0.05, 0) is 36.8 Å². The Morgan fingerprint density at radius 3 is 2.08 bits per heavy atom. The lowest BCUT2D eigenvalue weighted by Gasteiger charge is -2.30. The van der Waals surface area contributed by atoms with Crippen LogP contribution in [0.25, 0.3) is 0 Å². The molecule has 0 N–H and O–H groups in total. The van der Waals surface area contributed by atoms with Gasteiger partial charge in [0.15, 0.2) is 11.6 Å². The molecular formula is C24H18Cl3N3O5S. The van der Waals surface area contributed by atoms with E-state index in [0.29, 0.717) is 5.56 Å². The lowest BCUT2D eigenvalue weighted by molar-refractivity contribution is -0.384. The minimum Gasteiger partial charge on any atom is -0.292 e. The maximum absolute atomic E-state index is 13.9. The SMILES string of the molecule is Cc1ccc(S(=O)(=O)N2C(C(Cl)(Cl)Cl)=N[C@H](c3ccc([N+](=O)[O-])cc3)[C@H]2C(=O)c2ccccc2)cc1. The van der Waals surface area contributed by atoms with Gasteiger partial charge in [0.25, 0.3) is 15.7 Å². The normalized spacial score (nSPS) is 18.1. The van der Waals surface area contributed by atoms with Crippen molar-refractivity contribution < 1.29 is 18.1 Å². The third kappa shape index (κ3) is 4.97. The van der Waals surface area contributed by atoms with Gasteiger partial charge in [0.2, 0.25) is 3.79 Å². The highest BCUT2D eigenvalue weighted by Gasteiger charge is 2.53. The zero-order chi connectivity index (χ0) is 26.3. The number of carbonyl (C=O) groups excluding carboxylic acids is 1. The molecule has 36 heavy (non-hydrogen) atoms. The summed E-state index contributed by atoms with van der Waals surface area (Å²) in [4.78, 5) is 28.6. The number of amidine groups is 1. The number of nitro groups is 1. The average molecular weight is 567 g/mol. The first-order chi connectivity index (χ1) is 16.9. The first-order valence-corrected chi connectivity index (χ1v) is 13.1. The van der Waals surface area contributed by atoms with E-state index in [2.05, 4.69) is 4.99 Å². The fourth-order valence-electron chi connectivity index (χ4n) is 3.88. The molecular weight excluding hydrogens is 549 g/mol. The summed E-state index contributed by atoms with van der Waals surface area (Å²) >= 11 is 18.5. The Balaban J connectivity index is 1.93.